The van der Waals surface area contributed by atoms with Crippen molar-refractivity contribution in [3.63, 3.8) is 0 Å². The summed E-state index contributed by atoms with van der Waals surface area (Å²) in [6, 6.07) is 7.56. The first-order chi connectivity index (χ1) is 11.6. The zero-order valence-electron chi connectivity index (χ0n) is 14.6. The van der Waals surface area contributed by atoms with Crippen molar-refractivity contribution in [2.45, 2.75) is 82.3 Å². The van der Waals surface area contributed by atoms with Crippen LogP contribution in [0.3, 0.4) is 0 Å². The van der Waals surface area contributed by atoms with Gasteiger partial charge in [-0.1, -0.05) is 25.0 Å². The molecule has 1 amide bonds. The first kappa shape index (κ1) is 17.4. The summed E-state index contributed by atoms with van der Waals surface area (Å²) in [6.45, 7) is 1.97. The lowest BCUT2D eigenvalue weighted by Crippen LogP contribution is -2.49. The number of nitrogens with one attached hydrogen (secondary N) is 2. The molecular formula is C20H29FN2O. The fraction of sp³-hybridized carbons (Fsp3) is 0.650. The van der Waals surface area contributed by atoms with E-state index in [1.165, 1.54) is 31.2 Å². The summed E-state index contributed by atoms with van der Waals surface area (Å²) in [6.07, 6.45) is 9.06. The van der Waals surface area contributed by atoms with Gasteiger partial charge >= 0.3 is 0 Å². The van der Waals surface area contributed by atoms with E-state index >= 15 is 0 Å². The maximum atomic E-state index is 13.0. The highest BCUT2D eigenvalue weighted by Crippen LogP contribution is 2.33. The summed E-state index contributed by atoms with van der Waals surface area (Å²) in [4.78, 5) is 12.4. The number of carbonyl (C=O) groups is 1. The van der Waals surface area contributed by atoms with Gasteiger partial charge < -0.3 is 10.6 Å². The van der Waals surface area contributed by atoms with Crippen LogP contribution in [0.2, 0.25) is 0 Å². The molecule has 1 atom stereocenters. The Morgan fingerprint density at radius 1 is 1.00 bits per heavy atom. The third-order valence-corrected chi connectivity index (χ3v) is 5.65. The minimum absolute atomic E-state index is 0.108. The second-order valence-electron chi connectivity index (χ2n) is 7.48. The number of rotatable bonds is 5. The highest BCUT2D eigenvalue weighted by molar-refractivity contribution is 5.81. The molecule has 3 rings (SSSR count). The van der Waals surface area contributed by atoms with Gasteiger partial charge in [-0.15, -0.1) is 0 Å². The highest BCUT2D eigenvalue weighted by Gasteiger charge is 2.26. The van der Waals surface area contributed by atoms with Crippen LogP contribution in [-0.2, 0) is 4.79 Å². The molecule has 2 N–H and O–H groups in total. The maximum Gasteiger partial charge on any atom is 0.237 e. The third kappa shape index (κ3) is 4.56. The van der Waals surface area contributed by atoms with Gasteiger partial charge in [0.1, 0.15) is 5.82 Å². The fourth-order valence-corrected chi connectivity index (χ4v) is 4.15. The van der Waals surface area contributed by atoms with Crippen LogP contribution in [0, 0.1) is 5.82 Å². The molecule has 2 aliphatic rings. The van der Waals surface area contributed by atoms with E-state index < -0.39 is 0 Å². The van der Waals surface area contributed by atoms with Crippen LogP contribution in [0.4, 0.5) is 4.39 Å². The van der Waals surface area contributed by atoms with Crippen LogP contribution in [0.1, 0.15) is 69.8 Å². The fourth-order valence-electron chi connectivity index (χ4n) is 4.15. The Morgan fingerprint density at radius 2 is 1.62 bits per heavy atom. The van der Waals surface area contributed by atoms with Crippen LogP contribution in [-0.4, -0.2) is 24.0 Å². The van der Waals surface area contributed by atoms with Crippen molar-refractivity contribution in [3.05, 3.63) is 35.6 Å². The monoisotopic (exact) mass is 332 g/mol. The molecule has 0 aliphatic heterocycles. The summed E-state index contributed by atoms with van der Waals surface area (Å²) in [5.74, 6) is 0.448. The number of carbonyl (C=O) groups excluding carboxylic acids is 1. The van der Waals surface area contributed by atoms with E-state index in [9.17, 15) is 9.18 Å². The van der Waals surface area contributed by atoms with Gasteiger partial charge in [0.05, 0.1) is 6.04 Å². The van der Waals surface area contributed by atoms with Gasteiger partial charge in [0, 0.05) is 12.1 Å². The summed E-state index contributed by atoms with van der Waals surface area (Å²) >= 11 is 0. The summed E-state index contributed by atoms with van der Waals surface area (Å²) < 4.78 is 13.0. The molecule has 0 spiro atoms. The van der Waals surface area contributed by atoms with Crippen molar-refractivity contribution in [2.75, 3.05) is 0 Å². The molecule has 24 heavy (non-hydrogen) atoms. The van der Waals surface area contributed by atoms with Gasteiger partial charge in [-0.25, -0.2) is 4.39 Å². The standard InChI is InChI=1S/C20H29FN2O/c1-14(22-18-4-2-3-5-18)20(24)23-19-12-8-16(9-13-19)15-6-10-17(21)11-7-15/h6-7,10-11,14,16,18-19,22H,2-5,8-9,12-13H2,1H3,(H,23,24). The van der Waals surface area contributed by atoms with Crippen molar-refractivity contribution >= 4 is 5.91 Å². The first-order valence-corrected chi connectivity index (χ1v) is 9.43. The molecule has 0 aromatic heterocycles. The van der Waals surface area contributed by atoms with E-state index in [4.69, 9.17) is 0 Å². The molecule has 4 heteroatoms. The van der Waals surface area contributed by atoms with Crippen LogP contribution >= 0.6 is 0 Å². The molecule has 0 heterocycles. The zero-order chi connectivity index (χ0) is 16.9. The minimum atomic E-state index is -0.177. The molecule has 0 saturated heterocycles. The molecule has 1 aromatic rings. The molecule has 1 aromatic carbocycles. The van der Waals surface area contributed by atoms with E-state index in [2.05, 4.69) is 10.6 Å². The largest absolute Gasteiger partial charge is 0.352 e. The SMILES string of the molecule is CC(NC1CCCC1)C(=O)NC1CCC(c2ccc(F)cc2)CC1. The number of benzene rings is 1. The van der Waals surface area contributed by atoms with Crippen LogP contribution in [0.5, 0.6) is 0 Å². The Kier molecular flexibility index (Phi) is 5.88. The third-order valence-electron chi connectivity index (χ3n) is 5.65. The van der Waals surface area contributed by atoms with Gasteiger partial charge in [-0.05, 0) is 69.1 Å². The highest BCUT2D eigenvalue weighted by atomic mass is 19.1. The number of amides is 1. The van der Waals surface area contributed by atoms with Gasteiger partial charge in [-0.2, -0.15) is 0 Å². The van der Waals surface area contributed by atoms with E-state index in [0.717, 1.165) is 25.7 Å². The van der Waals surface area contributed by atoms with Crippen molar-refractivity contribution < 1.29 is 9.18 Å². The molecule has 1 unspecified atom stereocenters. The molecule has 2 saturated carbocycles. The summed E-state index contributed by atoms with van der Waals surface area (Å²) in [5, 5.41) is 6.67. The summed E-state index contributed by atoms with van der Waals surface area (Å²) in [5.41, 5.74) is 1.22. The van der Waals surface area contributed by atoms with E-state index in [1.807, 2.05) is 19.1 Å². The van der Waals surface area contributed by atoms with Gasteiger partial charge in [0.25, 0.3) is 0 Å². The average Bonchev–Trinajstić information content (AvgIpc) is 3.09. The molecular weight excluding hydrogens is 303 g/mol. The van der Waals surface area contributed by atoms with E-state index in [1.54, 1.807) is 12.1 Å². The molecule has 3 nitrogen and oxygen atoms in total. The Bertz CT molecular complexity index is 531. The molecule has 0 bridgehead atoms. The predicted octanol–water partition coefficient (Wildman–Crippen LogP) is 3.89. The van der Waals surface area contributed by atoms with Crippen molar-refractivity contribution in [1.29, 1.82) is 0 Å². The number of hydrogen-bond acceptors (Lipinski definition) is 2. The number of halogens is 1. The Labute approximate surface area is 144 Å². The Hall–Kier alpha value is -1.42. The second kappa shape index (κ2) is 8.11. The van der Waals surface area contributed by atoms with Crippen LogP contribution < -0.4 is 10.6 Å². The second-order valence-corrected chi connectivity index (χ2v) is 7.48. The molecule has 2 aliphatic carbocycles. The first-order valence-electron chi connectivity index (χ1n) is 9.43. The lowest BCUT2D eigenvalue weighted by Gasteiger charge is -2.30. The smallest absolute Gasteiger partial charge is 0.237 e. The molecule has 2 fully saturated rings. The maximum absolute atomic E-state index is 13.0. The average molecular weight is 332 g/mol. The Morgan fingerprint density at radius 3 is 2.25 bits per heavy atom. The quantitative estimate of drug-likeness (QED) is 0.859. The summed E-state index contributed by atoms with van der Waals surface area (Å²) in [7, 11) is 0. The van der Waals surface area contributed by atoms with Crippen molar-refractivity contribution in [1.82, 2.24) is 10.6 Å². The lowest BCUT2D eigenvalue weighted by molar-refractivity contribution is -0.123. The Balaban J connectivity index is 1.42. The van der Waals surface area contributed by atoms with Crippen LogP contribution in [0.15, 0.2) is 24.3 Å². The van der Waals surface area contributed by atoms with Crippen molar-refractivity contribution in [2.24, 2.45) is 0 Å². The van der Waals surface area contributed by atoms with E-state index in [0.29, 0.717) is 12.0 Å². The zero-order valence-corrected chi connectivity index (χ0v) is 14.6. The molecule has 132 valence electrons. The minimum Gasteiger partial charge on any atom is -0.352 e. The van der Waals surface area contributed by atoms with Gasteiger partial charge in [-0.3, -0.25) is 4.79 Å². The van der Waals surface area contributed by atoms with Crippen molar-refractivity contribution in [3.8, 4) is 0 Å². The predicted molar refractivity (Wildman–Crippen MR) is 94.4 cm³/mol. The normalized spacial score (nSPS) is 26.2. The number of hydrogen-bond donors (Lipinski definition) is 2. The van der Waals surface area contributed by atoms with E-state index in [-0.39, 0.29) is 23.8 Å². The van der Waals surface area contributed by atoms with Gasteiger partial charge in [0.15, 0.2) is 0 Å². The van der Waals surface area contributed by atoms with Gasteiger partial charge in [0.2, 0.25) is 5.91 Å². The lowest BCUT2D eigenvalue weighted by atomic mass is 9.81. The molecule has 0 radical (unpaired) electrons. The van der Waals surface area contributed by atoms with Crippen LogP contribution in [0.25, 0.3) is 0 Å². The topological polar surface area (TPSA) is 41.1 Å².